The first-order chi connectivity index (χ1) is 13.2. The molecule has 0 aliphatic carbocycles. The first-order valence-corrected chi connectivity index (χ1v) is 11.1. The minimum atomic E-state index is -3.69. The van der Waals surface area contributed by atoms with Crippen LogP contribution >= 0.6 is 0 Å². The number of hydrogen-bond donors (Lipinski definition) is 1. The molecule has 6 nitrogen and oxygen atoms in total. The van der Waals surface area contributed by atoms with Crippen molar-refractivity contribution in [1.29, 1.82) is 0 Å². The van der Waals surface area contributed by atoms with Gasteiger partial charge >= 0.3 is 0 Å². The summed E-state index contributed by atoms with van der Waals surface area (Å²) in [5, 5.41) is 2.96. The average Bonchev–Trinajstić information content (AvgIpc) is 2.67. The highest BCUT2D eigenvalue weighted by molar-refractivity contribution is 7.92. The summed E-state index contributed by atoms with van der Waals surface area (Å²) < 4.78 is 31.3. The van der Waals surface area contributed by atoms with Crippen LogP contribution in [-0.4, -0.2) is 33.7 Å². The van der Waals surface area contributed by atoms with E-state index in [1.807, 2.05) is 32.0 Å². The van der Waals surface area contributed by atoms with Crippen LogP contribution in [0, 0.1) is 0 Å². The lowest BCUT2D eigenvalue weighted by Crippen LogP contribution is -2.45. The van der Waals surface area contributed by atoms with E-state index >= 15 is 0 Å². The zero-order chi connectivity index (χ0) is 20.9. The molecule has 152 valence electrons. The number of hydrogen-bond acceptors (Lipinski definition) is 4. The molecule has 0 bridgehead atoms. The van der Waals surface area contributed by atoms with E-state index in [1.165, 1.54) is 7.11 Å². The Kier molecular flexibility index (Phi) is 7.07. The van der Waals surface area contributed by atoms with E-state index in [2.05, 4.69) is 5.32 Å². The lowest BCUT2D eigenvalue weighted by molar-refractivity contribution is -0.116. The zero-order valence-corrected chi connectivity index (χ0v) is 17.8. The summed E-state index contributed by atoms with van der Waals surface area (Å²) in [6.45, 7) is 5.62. The molecule has 0 saturated heterocycles. The molecule has 0 fully saturated rings. The molecule has 2 aromatic rings. The van der Waals surface area contributed by atoms with Crippen LogP contribution in [0.3, 0.4) is 0 Å². The Morgan fingerprint density at radius 2 is 1.68 bits per heavy atom. The van der Waals surface area contributed by atoms with Gasteiger partial charge in [0.1, 0.15) is 11.8 Å². The normalized spacial score (nSPS) is 12.3. The van der Waals surface area contributed by atoms with Crippen molar-refractivity contribution in [2.75, 3.05) is 23.0 Å². The van der Waals surface area contributed by atoms with Crippen LogP contribution in [0.1, 0.15) is 31.9 Å². The number of aryl methyl sites for hydroxylation is 2. The molecule has 0 aliphatic heterocycles. The molecule has 1 atom stereocenters. The molecule has 0 aromatic heterocycles. The molecule has 7 heteroatoms. The third-order valence-electron chi connectivity index (χ3n) is 4.64. The summed E-state index contributed by atoms with van der Waals surface area (Å²) >= 11 is 0. The van der Waals surface area contributed by atoms with Crippen molar-refractivity contribution in [1.82, 2.24) is 0 Å². The average molecular weight is 405 g/mol. The first kappa shape index (κ1) is 21.8. The van der Waals surface area contributed by atoms with Gasteiger partial charge in [-0.3, -0.25) is 9.10 Å². The van der Waals surface area contributed by atoms with Gasteiger partial charge in [0, 0.05) is 11.8 Å². The highest BCUT2D eigenvalue weighted by atomic mass is 32.2. The van der Waals surface area contributed by atoms with Gasteiger partial charge in [0.15, 0.2) is 0 Å². The van der Waals surface area contributed by atoms with Crippen LogP contribution in [0.5, 0.6) is 5.75 Å². The summed E-state index contributed by atoms with van der Waals surface area (Å²) in [7, 11) is -2.19. The van der Waals surface area contributed by atoms with Crippen LogP contribution in [0.25, 0.3) is 0 Å². The standard InChI is InChI=1S/C21H28N2O4S/c1-6-16-10-8-11-17(7-2)20(16)22-21(24)15(3)23(28(5,25)26)18-12-9-13-19(14-18)27-4/h8-15H,6-7H2,1-5H3,(H,22,24)/t15-/m0/s1. The predicted octanol–water partition coefficient (Wildman–Crippen LogP) is 3.61. The summed E-state index contributed by atoms with van der Waals surface area (Å²) in [5.74, 6) is 0.132. The Balaban J connectivity index is 2.41. The van der Waals surface area contributed by atoms with E-state index in [1.54, 1.807) is 31.2 Å². The smallest absolute Gasteiger partial charge is 0.248 e. The number of nitrogens with zero attached hydrogens (tertiary/aromatic N) is 1. The molecule has 0 spiro atoms. The topological polar surface area (TPSA) is 75.7 Å². The van der Waals surface area contributed by atoms with E-state index < -0.39 is 16.1 Å². The summed E-state index contributed by atoms with van der Waals surface area (Å²) in [6, 6.07) is 11.6. The van der Waals surface area contributed by atoms with E-state index in [0.29, 0.717) is 11.4 Å². The molecule has 1 amide bonds. The van der Waals surface area contributed by atoms with Crippen molar-refractivity contribution >= 4 is 27.3 Å². The number of carbonyl (C=O) groups excluding carboxylic acids is 1. The van der Waals surface area contributed by atoms with Gasteiger partial charge in [-0.25, -0.2) is 8.42 Å². The first-order valence-electron chi connectivity index (χ1n) is 9.28. The molecule has 1 N–H and O–H groups in total. The number of anilines is 2. The largest absolute Gasteiger partial charge is 0.497 e. The van der Waals surface area contributed by atoms with E-state index in [9.17, 15) is 13.2 Å². The fourth-order valence-corrected chi connectivity index (χ4v) is 4.35. The predicted molar refractivity (Wildman–Crippen MR) is 114 cm³/mol. The zero-order valence-electron chi connectivity index (χ0n) is 17.0. The highest BCUT2D eigenvalue weighted by Crippen LogP contribution is 2.27. The molecular weight excluding hydrogens is 376 g/mol. The second-order valence-electron chi connectivity index (χ2n) is 6.58. The molecule has 0 unspecified atom stereocenters. The van der Waals surface area contributed by atoms with Crippen LogP contribution in [0.2, 0.25) is 0 Å². The lowest BCUT2D eigenvalue weighted by atomic mass is 10.0. The third kappa shape index (κ3) is 4.84. The Hall–Kier alpha value is -2.54. The SMILES string of the molecule is CCc1cccc(CC)c1NC(=O)[C@H](C)N(c1cccc(OC)c1)S(C)(=O)=O. The summed E-state index contributed by atoms with van der Waals surface area (Å²) in [4.78, 5) is 13.0. The number of para-hydroxylation sites is 1. The maximum atomic E-state index is 13.0. The van der Waals surface area contributed by atoms with Gasteiger partial charge in [-0.05, 0) is 43.0 Å². The fraction of sp³-hybridized carbons (Fsp3) is 0.381. The van der Waals surface area contributed by atoms with Gasteiger partial charge in [0.2, 0.25) is 15.9 Å². The fourth-order valence-electron chi connectivity index (χ4n) is 3.19. The number of nitrogens with one attached hydrogen (secondary N) is 1. The third-order valence-corrected chi connectivity index (χ3v) is 5.88. The molecule has 0 saturated carbocycles. The minimum absolute atomic E-state index is 0.379. The van der Waals surface area contributed by atoms with Crippen LogP contribution in [-0.2, 0) is 27.7 Å². The van der Waals surface area contributed by atoms with Crippen molar-refractivity contribution in [3.8, 4) is 5.75 Å². The quantitative estimate of drug-likeness (QED) is 0.729. The Morgan fingerprint density at radius 1 is 1.11 bits per heavy atom. The van der Waals surface area contributed by atoms with Crippen molar-refractivity contribution in [2.45, 2.75) is 39.7 Å². The van der Waals surface area contributed by atoms with Gasteiger partial charge in [0.05, 0.1) is 19.1 Å². The number of sulfonamides is 1. The summed E-state index contributed by atoms with van der Waals surface area (Å²) in [6.07, 6.45) is 2.63. The second-order valence-corrected chi connectivity index (χ2v) is 8.44. The van der Waals surface area contributed by atoms with E-state index in [4.69, 9.17) is 4.74 Å². The molecule has 2 aromatic carbocycles. The molecule has 2 rings (SSSR count). The number of methoxy groups -OCH3 is 1. The van der Waals surface area contributed by atoms with E-state index in [0.717, 1.165) is 40.2 Å². The lowest BCUT2D eigenvalue weighted by Gasteiger charge is -2.29. The van der Waals surface area contributed by atoms with Crippen molar-refractivity contribution in [3.05, 3.63) is 53.6 Å². The molecule has 28 heavy (non-hydrogen) atoms. The maximum absolute atomic E-state index is 13.0. The number of ether oxygens (including phenoxy) is 1. The van der Waals surface area contributed by atoms with Crippen LogP contribution in [0.15, 0.2) is 42.5 Å². The molecule has 0 radical (unpaired) electrons. The highest BCUT2D eigenvalue weighted by Gasteiger charge is 2.30. The maximum Gasteiger partial charge on any atom is 0.248 e. The Morgan fingerprint density at radius 3 is 2.18 bits per heavy atom. The minimum Gasteiger partial charge on any atom is -0.497 e. The Bertz CT molecular complexity index is 919. The Labute approximate surface area is 167 Å². The molecule has 0 heterocycles. The number of benzene rings is 2. The molecular formula is C21H28N2O4S. The van der Waals surface area contributed by atoms with Gasteiger partial charge in [-0.2, -0.15) is 0 Å². The van der Waals surface area contributed by atoms with Crippen LogP contribution < -0.4 is 14.4 Å². The van der Waals surface area contributed by atoms with E-state index in [-0.39, 0.29) is 5.91 Å². The van der Waals surface area contributed by atoms with Crippen molar-refractivity contribution < 1.29 is 17.9 Å². The van der Waals surface area contributed by atoms with Gasteiger partial charge < -0.3 is 10.1 Å². The van der Waals surface area contributed by atoms with Gasteiger partial charge in [-0.15, -0.1) is 0 Å². The van der Waals surface area contributed by atoms with Gasteiger partial charge in [-0.1, -0.05) is 38.1 Å². The second kappa shape index (κ2) is 9.10. The number of amides is 1. The molecule has 0 aliphatic rings. The summed E-state index contributed by atoms with van der Waals surface area (Å²) in [5.41, 5.74) is 3.19. The number of carbonyl (C=O) groups is 1. The van der Waals surface area contributed by atoms with Crippen LogP contribution in [0.4, 0.5) is 11.4 Å². The van der Waals surface area contributed by atoms with Gasteiger partial charge in [0.25, 0.3) is 0 Å². The monoisotopic (exact) mass is 404 g/mol. The van der Waals surface area contributed by atoms with Crippen molar-refractivity contribution in [3.63, 3.8) is 0 Å². The number of rotatable bonds is 8. The van der Waals surface area contributed by atoms with Crippen molar-refractivity contribution in [2.24, 2.45) is 0 Å².